The zero-order chi connectivity index (χ0) is 10.2. The molecule has 2 rings (SSSR count). The molecule has 0 spiro atoms. The van der Waals surface area contributed by atoms with Crippen LogP contribution in [0.5, 0.6) is 0 Å². The molecule has 0 unspecified atom stereocenters. The van der Waals surface area contributed by atoms with Crippen molar-refractivity contribution in [1.82, 2.24) is 0 Å². The Morgan fingerprint density at radius 3 is 2.64 bits per heavy atom. The Bertz CT molecular complexity index is 342. The SMILES string of the molecule is Cc1cc(CC2(CN)CC2)ccc1F. The van der Waals surface area contributed by atoms with Gasteiger partial charge in [0.2, 0.25) is 0 Å². The first-order chi connectivity index (χ1) is 6.65. The van der Waals surface area contributed by atoms with E-state index in [1.54, 1.807) is 13.0 Å². The van der Waals surface area contributed by atoms with Crippen LogP contribution >= 0.6 is 0 Å². The van der Waals surface area contributed by atoms with Gasteiger partial charge in [-0.15, -0.1) is 0 Å². The summed E-state index contributed by atoms with van der Waals surface area (Å²) in [4.78, 5) is 0. The van der Waals surface area contributed by atoms with Crippen LogP contribution in [0, 0.1) is 18.2 Å². The summed E-state index contributed by atoms with van der Waals surface area (Å²) in [6.07, 6.45) is 3.45. The molecule has 1 saturated carbocycles. The van der Waals surface area contributed by atoms with Crippen LogP contribution in [-0.2, 0) is 6.42 Å². The van der Waals surface area contributed by atoms with Gasteiger partial charge in [-0.1, -0.05) is 12.1 Å². The van der Waals surface area contributed by atoms with Gasteiger partial charge in [-0.3, -0.25) is 0 Å². The molecule has 0 radical (unpaired) electrons. The first-order valence-electron chi connectivity index (χ1n) is 5.10. The quantitative estimate of drug-likeness (QED) is 0.783. The fourth-order valence-electron chi connectivity index (χ4n) is 1.88. The van der Waals surface area contributed by atoms with E-state index in [0.717, 1.165) is 18.5 Å². The molecule has 1 aromatic carbocycles. The first kappa shape index (κ1) is 9.66. The molecule has 0 amide bonds. The number of rotatable bonds is 3. The molecule has 1 aliphatic rings. The van der Waals surface area contributed by atoms with Gasteiger partial charge in [0.05, 0.1) is 0 Å². The van der Waals surface area contributed by atoms with Crippen LogP contribution in [0.2, 0.25) is 0 Å². The topological polar surface area (TPSA) is 26.0 Å². The van der Waals surface area contributed by atoms with Gasteiger partial charge < -0.3 is 5.73 Å². The highest BCUT2D eigenvalue weighted by Gasteiger charge is 2.40. The van der Waals surface area contributed by atoms with Gasteiger partial charge in [-0.25, -0.2) is 4.39 Å². The zero-order valence-corrected chi connectivity index (χ0v) is 8.52. The molecule has 2 heteroatoms. The van der Waals surface area contributed by atoms with Crippen LogP contribution in [0.15, 0.2) is 18.2 Å². The molecule has 0 heterocycles. The number of halogens is 1. The maximum Gasteiger partial charge on any atom is 0.126 e. The Hall–Kier alpha value is -0.890. The van der Waals surface area contributed by atoms with Gasteiger partial charge in [0.15, 0.2) is 0 Å². The standard InChI is InChI=1S/C12H16FN/c1-9-6-10(2-3-11(9)13)7-12(8-14)4-5-12/h2-3,6H,4-5,7-8,14H2,1H3. The summed E-state index contributed by atoms with van der Waals surface area (Å²) in [7, 11) is 0. The lowest BCUT2D eigenvalue weighted by Crippen LogP contribution is -2.17. The normalized spacial score (nSPS) is 18.2. The van der Waals surface area contributed by atoms with E-state index in [2.05, 4.69) is 0 Å². The molecule has 0 saturated heterocycles. The lowest BCUT2D eigenvalue weighted by Gasteiger charge is -2.12. The van der Waals surface area contributed by atoms with E-state index < -0.39 is 0 Å². The number of aryl methyl sites for hydroxylation is 1. The third kappa shape index (κ3) is 1.80. The molecule has 76 valence electrons. The monoisotopic (exact) mass is 193 g/mol. The number of hydrogen-bond donors (Lipinski definition) is 1. The molecule has 0 aliphatic heterocycles. The Labute approximate surface area is 84.1 Å². The fourth-order valence-corrected chi connectivity index (χ4v) is 1.88. The summed E-state index contributed by atoms with van der Waals surface area (Å²) in [5.41, 5.74) is 7.99. The summed E-state index contributed by atoms with van der Waals surface area (Å²) in [6.45, 7) is 2.56. The molecular formula is C12H16FN. The molecule has 0 bridgehead atoms. The Morgan fingerprint density at radius 1 is 1.43 bits per heavy atom. The summed E-state index contributed by atoms with van der Waals surface area (Å²) in [5.74, 6) is -0.119. The van der Waals surface area contributed by atoms with Crippen LogP contribution in [0.3, 0.4) is 0 Å². The van der Waals surface area contributed by atoms with Crippen molar-refractivity contribution in [2.24, 2.45) is 11.1 Å². The molecule has 0 atom stereocenters. The highest BCUT2D eigenvalue weighted by atomic mass is 19.1. The van der Waals surface area contributed by atoms with E-state index in [9.17, 15) is 4.39 Å². The molecule has 1 fully saturated rings. The molecule has 2 N–H and O–H groups in total. The van der Waals surface area contributed by atoms with E-state index in [1.807, 2.05) is 12.1 Å². The van der Waals surface area contributed by atoms with Gasteiger partial charge in [0.25, 0.3) is 0 Å². The highest BCUT2D eigenvalue weighted by molar-refractivity contribution is 5.26. The van der Waals surface area contributed by atoms with Crippen LogP contribution in [0.25, 0.3) is 0 Å². The van der Waals surface area contributed by atoms with Crippen molar-refractivity contribution in [3.05, 3.63) is 35.1 Å². The lowest BCUT2D eigenvalue weighted by atomic mass is 9.96. The molecular weight excluding hydrogens is 177 g/mol. The zero-order valence-electron chi connectivity index (χ0n) is 8.52. The Balaban J connectivity index is 2.14. The van der Waals surface area contributed by atoms with Crippen molar-refractivity contribution in [2.75, 3.05) is 6.54 Å². The second-order valence-corrected chi connectivity index (χ2v) is 4.46. The second kappa shape index (κ2) is 3.35. The number of nitrogens with two attached hydrogens (primary N) is 1. The van der Waals surface area contributed by atoms with Gasteiger partial charge >= 0.3 is 0 Å². The van der Waals surface area contributed by atoms with Crippen molar-refractivity contribution in [3.8, 4) is 0 Å². The van der Waals surface area contributed by atoms with Gasteiger partial charge in [0.1, 0.15) is 5.82 Å². The highest BCUT2D eigenvalue weighted by Crippen LogP contribution is 2.47. The van der Waals surface area contributed by atoms with E-state index in [4.69, 9.17) is 5.73 Å². The van der Waals surface area contributed by atoms with Crippen LogP contribution in [0.4, 0.5) is 4.39 Å². The Morgan fingerprint density at radius 2 is 2.14 bits per heavy atom. The predicted molar refractivity (Wildman–Crippen MR) is 55.6 cm³/mol. The average molecular weight is 193 g/mol. The van der Waals surface area contributed by atoms with Gasteiger partial charge in [0, 0.05) is 0 Å². The summed E-state index contributed by atoms with van der Waals surface area (Å²) >= 11 is 0. The third-order valence-electron chi connectivity index (χ3n) is 3.19. The van der Waals surface area contributed by atoms with E-state index in [0.29, 0.717) is 5.41 Å². The van der Waals surface area contributed by atoms with E-state index in [1.165, 1.54) is 18.4 Å². The average Bonchev–Trinajstić information content (AvgIpc) is 2.93. The Kier molecular flexibility index (Phi) is 2.31. The first-order valence-corrected chi connectivity index (χ1v) is 5.10. The van der Waals surface area contributed by atoms with Crippen molar-refractivity contribution < 1.29 is 4.39 Å². The van der Waals surface area contributed by atoms with Crippen LogP contribution < -0.4 is 5.73 Å². The minimum Gasteiger partial charge on any atom is -0.330 e. The van der Waals surface area contributed by atoms with Gasteiger partial charge in [-0.05, 0) is 55.3 Å². The van der Waals surface area contributed by atoms with Crippen LogP contribution in [0.1, 0.15) is 24.0 Å². The largest absolute Gasteiger partial charge is 0.330 e. The van der Waals surface area contributed by atoms with Crippen molar-refractivity contribution in [1.29, 1.82) is 0 Å². The molecule has 14 heavy (non-hydrogen) atoms. The van der Waals surface area contributed by atoms with E-state index >= 15 is 0 Å². The van der Waals surface area contributed by atoms with Crippen molar-refractivity contribution in [3.63, 3.8) is 0 Å². The van der Waals surface area contributed by atoms with Crippen molar-refractivity contribution >= 4 is 0 Å². The molecule has 1 aliphatic carbocycles. The predicted octanol–water partition coefficient (Wildman–Crippen LogP) is 2.42. The molecule has 1 aromatic rings. The maximum absolute atomic E-state index is 13.0. The number of benzene rings is 1. The second-order valence-electron chi connectivity index (χ2n) is 4.46. The minimum absolute atomic E-state index is 0.119. The molecule has 0 aromatic heterocycles. The lowest BCUT2D eigenvalue weighted by molar-refractivity contribution is 0.519. The summed E-state index contributed by atoms with van der Waals surface area (Å²) in [5, 5.41) is 0. The summed E-state index contributed by atoms with van der Waals surface area (Å²) < 4.78 is 13.0. The summed E-state index contributed by atoms with van der Waals surface area (Å²) in [6, 6.07) is 5.36. The smallest absolute Gasteiger partial charge is 0.126 e. The minimum atomic E-state index is -0.119. The maximum atomic E-state index is 13.0. The van der Waals surface area contributed by atoms with Crippen molar-refractivity contribution in [2.45, 2.75) is 26.2 Å². The fraction of sp³-hybridized carbons (Fsp3) is 0.500. The third-order valence-corrected chi connectivity index (χ3v) is 3.19. The van der Waals surface area contributed by atoms with Gasteiger partial charge in [-0.2, -0.15) is 0 Å². The molecule has 1 nitrogen and oxygen atoms in total. The van der Waals surface area contributed by atoms with E-state index in [-0.39, 0.29) is 5.82 Å². The number of hydrogen-bond acceptors (Lipinski definition) is 1. The van der Waals surface area contributed by atoms with Crippen LogP contribution in [-0.4, -0.2) is 6.54 Å².